The van der Waals surface area contributed by atoms with Gasteiger partial charge < -0.3 is 4.98 Å². The van der Waals surface area contributed by atoms with Gasteiger partial charge in [-0.25, -0.2) is 4.98 Å². The number of hydrogen-bond donors (Lipinski definition) is 1. The highest BCUT2D eigenvalue weighted by Crippen LogP contribution is 2.34. The fourth-order valence-electron chi connectivity index (χ4n) is 3.74. The Hall–Kier alpha value is -3.21. The average molecular weight is 429 g/mol. The fraction of sp³-hybridized carbons (Fsp3) is 0.0400. The van der Waals surface area contributed by atoms with Crippen LogP contribution in [0.1, 0.15) is 22.9 Å². The Morgan fingerprint density at radius 2 is 1.43 bits per heavy atom. The van der Waals surface area contributed by atoms with Crippen LogP contribution in [0.5, 0.6) is 0 Å². The van der Waals surface area contributed by atoms with E-state index in [-0.39, 0.29) is 11.5 Å². The number of aromatic amines is 1. The van der Waals surface area contributed by atoms with E-state index < -0.39 is 0 Å². The molecule has 0 spiro atoms. The van der Waals surface area contributed by atoms with E-state index in [9.17, 15) is 4.79 Å². The van der Waals surface area contributed by atoms with Crippen molar-refractivity contribution in [2.75, 3.05) is 0 Å². The van der Waals surface area contributed by atoms with Gasteiger partial charge in [-0.1, -0.05) is 84.4 Å². The molecule has 2 aromatic heterocycles. The molecule has 0 radical (unpaired) electrons. The van der Waals surface area contributed by atoms with Gasteiger partial charge in [-0.2, -0.15) is 0 Å². The number of nitrogens with one attached hydrogen (secondary N) is 1. The summed E-state index contributed by atoms with van der Waals surface area (Å²) in [5, 5.41) is 3.27. The topological polar surface area (TPSA) is 45.8 Å². The number of benzene rings is 3. The molecule has 3 nitrogen and oxygen atoms in total. The molecular weight excluding hydrogens is 412 g/mol. The Morgan fingerprint density at radius 3 is 2.03 bits per heavy atom. The number of thiophene rings is 1. The van der Waals surface area contributed by atoms with Crippen LogP contribution < -0.4 is 5.56 Å². The van der Waals surface area contributed by atoms with Crippen LogP contribution >= 0.6 is 22.9 Å². The molecular formula is C25H17ClN2OS. The molecule has 146 valence electrons. The summed E-state index contributed by atoms with van der Waals surface area (Å²) in [4.78, 5) is 21.9. The molecule has 0 atom stereocenters. The van der Waals surface area contributed by atoms with Gasteiger partial charge in [0.15, 0.2) is 0 Å². The van der Waals surface area contributed by atoms with Gasteiger partial charge >= 0.3 is 0 Å². The van der Waals surface area contributed by atoms with Gasteiger partial charge in [-0.3, -0.25) is 4.79 Å². The van der Waals surface area contributed by atoms with E-state index in [1.54, 1.807) is 0 Å². The first-order valence-electron chi connectivity index (χ1n) is 9.58. The molecule has 0 saturated carbocycles. The van der Waals surface area contributed by atoms with Crippen LogP contribution in [0.4, 0.5) is 0 Å². The van der Waals surface area contributed by atoms with Crippen molar-refractivity contribution in [1.82, 2.24) is 9.97 Å². The van der Waals surface area contributed by atoms with Gasteiger partial charge in [0.05, 0.1) is 11.3 Å². The van der Waals surface area contributed by atoms with Gasteiger partial charge in [-0.05, 0) is 28.8 Å². The van der Waals surface area contributed by atoms with Gasteiger partial charge in [0, 0.05) is 16.0 Å². The van der Waals surface area contributed by atoms with Crippen LogP contribution in [0.25, 0.3) is 21.3 Å². The van der Waals surface area contributed by atoms with Gasteiger partial charge in [-0.15, -0.1) is 11.3 Å². The maximum atomic E-state index is 13.2. The Bertz CT molecular complexity index is 1320. The quantitative estimate of drug-likeness (QED) is 0.355. The number of hydrogen-bond acceptors (Lipinski definition) is 3. The highest BCUT2D eigenvalue weighted by molar-refractivity contribution is 7.17. The normalized spacial score (nSPS) is 11.3. The number of nitrogens with zero attached hydrogens (tertiary/aromatic N) is 1. The predicted molar refractivity (Wildman–Crippen MR) is 125 cm³/mol. The summed E-state index contributed by atoms with van der Waals surface area (Å²) in [5.41, 5.74) is 3.87. The van der Waals surface area contributed by atoms with E-state index in [0.29, 0.717) is 16.2 Å². The fourth-order valence-corrected chi connectivity index (χ4v) is 4.82. The van der Waals surface area contributed by atoms with E-state index in [4.69, 9.17) is 16.6 Å². The first kappa shape index (κ1) is 18.8. The molecule has 30 heavy (non-hydrogen) atoms. The maximum absolute atomic E-state index is 13.2. The first-order valence-corrected chi connectivity index (χ1v) is 10.8. The third-order valence-electron chi connectivity index (χ3n) is 5.16. The lowest BCUT2D eigenvalue weighted by Crippen LogP contribution is -2.16. The summed E-state index contributed by atoms with van der Waals surface area (Å²) in [5.74, 6) is 0.500. The molecule has 0 aliphatic heterocycles. The first-order chi connectivity index (χ1) is 14.7. The molecule has 0 fully saturated rings. The minimum atomic E-state index is -0.148. The maximum Gasteiger partial charge on any atom is 0.260 e. The second-order valence-corrected chi connectivity index (χ2v) is 8.34. The van der Waals surface area contributed by atoms with Crippen LogP contribution in [0.2, 0.25) is 5.02 Å². The highest BCUT2D eigenvalue weighted by atomic mass is 35.5. The SMILES string of the molecule is O=c1[nH]c(C(c2ccccc2)c2ccccc2)nc2scc(-c3ccc(Cl)cc3)c12. The van der Waals surface area contributed by atoms with Gasteiger partial charge in [0.25, 0.3) is 5.56 Å². The average Bonchev–Trinajstić information content (AvgIpc) is 3.21. The molecule has 5 heteroatoms. The third kappa shape index (κ3) is 3.45. The molecule has 0 bridgehead atoms. The number of aromatic nitrogens is 2. The van der Waals surface area contributed by atoms with Crippen LogP contribution in [0.3, 0.4) is 0 Å². The molecule has 2 heterocycles. The van der Waals surface area contributed by atoms with Crippen molar-refractivity contribution in [1.29, 1.82) is 0 Å². The number of halogens is 1. The Kier molecular flexibility index (Phi) is 4.95. The van der Waals surface area contributed by atoms with Gasteiger partial charge in [0.1, 0.15) is 10.7 Å². The third-order valence-corrected chi connectivity index (χ3v) is 6.28. The molecule has 0 saturated heterocycles. The summed E-state index contributed by atoms with van der Waals surface area (Å²) in [7, 11) is 0. The zero-order valence-corrected chi connectivity index (χ0v) is 17.5. The number of fused-ring (bicyclic) bond motifs is 1. The second-order valence-electron chi connectivity index (χ2n) is 7.04. The molecule has 0 amide bonds. The Balaban J connectivity index is 1.68. The molecule has 5 aromatic rings. The lowest BCUT2D eigenvalue weighted by molar-refractivity contribution is 0.860. The van der Waals surface area contributed by atoms with E-state index in [1.165, 1.54) is 11.3 Å². The molecule has 0 aliphatic rings. The minimum Gasteiger partial charge on any atom is -0.309 e. The summed E-state index contributed by atoms with van der Waals surface area (Å²) >= 11 is 7.50. The molecule has 0 aliphatic carbocycles. The van der Waals surface area contributed by atoms with Crippen molar-refractivity contribution in [2.45, 2.75) is 5.92 Å². The van der Waals surface area contributed by atoms with Crippen molar-refractivity contribution in [3.8, 4) is 11.1 Å². The second kappa shape index (κ2) is 7.90. The smallest absolute Gasteiger partial charge is 0.260 e. The van der Waals surface area contributed by atoms with Crippen LogP contribution in [0.15, 0.2) is 95.1 Å². The number of H-pyrrole nitrogens is 1. The molecule has 1 N–H and O–H groups in total. The monoisotopic (exact) mass is 428 g/mol. The molecule has 3 aromatic carbocycles. The lowest BCUT2D eigenvalue weighted by Gasteiger charge is -2.17. The summed E-state index contributed by atoms with van der Waals surface area (Å²) in [6.45, 7) is 0. The predicted octanol–water partition coefficient (Wildman–Crippen LogP) is 6.49. The minimum absolute atomic E-state index is 0.127. The van der Waals surface area contributed by atoms with Crippen molar-refractivity contribution in [2.24, 2.45) is 0 Å². The molecule has 5 rings (SSSR count). The Morgan fingerprint density at radius 1 is 0.833 bits per heavy atom. The summed E-state index contributed by atoms with van der Waals surface area (Å²) in [6, 6.07) is 27.8. The van der Waals surface area contributed by atoms with E-state index >= 15 is 0 Å². The van der Waals surface area contributed by atoms with Gasteiger partial charge in [0.2, 0.25) is 0 Å². The summed E-state index contributed by atoms with van der Waals surface area (Å²) in [6.07, 6.45) is 0. The lowest BCUT2D eigenvalue weighted by atomic mass is 9.90. The van der Waals surface area contributed by atoms with E-state index in [0.717, 1.165) is 27.1 Å². The van der Waals surface area contributed by atoms with E-state index in [2.05, 4.69) is 29.2 Å². The van der Waals surface area contributed by atoms with Crippen LogP contribution in [-0.2, 0) is 0 Å². The number of rotatable bonds is 4. The van der Waals surface area contributed by atoms with Crippen LogP contribution in [-0.4, -0.2) is 9.97 Å². The van der Waals surface area contributed by atoms with Crippen molar-refractivity contribution in [3.63, 3.8) is 0 Å². The van der Waals surface area contributed by atoms with Crippen LogP contribution in [0, 0.1) is 0 Å². The summed E-state index contributed by atoms with van der Waals surface area (Å²) < 4.78 is 0. The molecule has 0 unspecified atom stereocenters. The van der Waals surface area contributed by atoms with Crippen molar-refractivity contribution in [3.05, 3.63) is 123 Å². The highest BCUT2D eigenvalue weighted by Gasteiger charge is 2.21. The Labute approximate surface area is 182 Å². The zero-order chi connectivity index (χ0) is 20.5. The van der Waals surface area contributed by atoms with Crippen molar-refractivity contribution >= 4 is 33.2 Å². The van der Waals surface area contributed by atoms with E-state index in [1.807, 2.05) is 66.0 Å². The zero-order valence-electron chi connectivity index (χ0n) is 15.9. The largest absolute Gasteiger partial charge is 0.309 e. The van der Waals surface area contributed by atoms with Crippen molar-refractivity contribution < 1.29 is 0 Å². The standard InChI is InChI=1S/C25H17ClN2OS/c26-19-13-11-16(12-14-19)20-15-30-25-22(20)24(29)27-23(28-25)21(17-7-3-1-4-8-17)18-9-5-2-6-10-18/h1-15,21H,(H,27,28,29).